The van der Waals surface area contributed by atoms with Crippen LogP contribution in [-0.2, 0) is 13.1 Å². The molecule has 2 N–H and O–H groups in total. The molecule has 0 aliphatic heterocycles. The van der Waals surface area contributed by atoms with Gasteiger partial charge in [-0.2, -0.15) is 0 Å². The highest BCUT2D eigenvalue weighted by Gasteiger charge is 2.17. The van der Waals surface area contributed by atoms with Crippen LogP contribution in [0.2, 0.25) is 0 Å². The maximum Gasteiger partial charge on any atom is 0.273 e. The van der Waals surface area contributed by atoms with Crippen LogP contribution in [0.5, 0.6) is 17.2 Å². The third-order valence-corrected chi connectivity index (χ3v) is 4.62. The molecular weight excluding hydrogens is 414 g/mol. The van der Waals surface area contributed by atoms with E-state index in [2.05, 4.69) is 20.9 Å². The van der Waals surface area contributed by atoms with E-state index in [0.717, 1.165) is 5.56 Å². The Morgan fingerprint density at radius 1 is 0.938 bits per heavy atom. The van der Waals surface area contributed by atoms with Gasteiger partial charge in [-0.1, -0.05) is 35.5 Å². The van der Waals surface area contributed by atoms with Crippen LogP contribution in [0.25, 0.3) is 0 Å². The highest BCUT2D eigenvalue weighted by molar-refractivity contribution is 5.95. The minimum Gasteiger partial charge on any atom is -0.493 e. The van der Waals surface area contributed by atoms with Gasteiger partial charge in [0.15, 0.2) is 17.2 Å². The number of amides is 2. The topological polar surface area (TPSA) is 117 Å². The quantitative estimate of drug-likeness (QED) is 0.493. The Hall–Kier alpha value is -4.08. The van der Waals surface area contributed by atoms with E-state index in [1.165, 1.54) is 32.2 Å². The molecule has 0 saturated heterocycles. The second-order valence-corrected chi connectivity index (χ2v) is 6.71. The molecule has 1 heterocycles. The first kappa shape index (κ1) is 22.6. The zero-order valence-electron chi connectivity index (χ0n) is 18.1. The molecular formula is C22H25N5O5. The van der Waals surface area contributed by atoms with Gasteiger partial charge >= 0.3 is 0 Å². The number of nitrogens with one attached hydrogen (secondary N) is 2. The number of nitrogens with zero attached hydrogens (tertiary/aromatic N) is 3. The van der Waals surface area contributed by atoms with Crippen LogP contribution < -0.4 is 24.8 Å². The van der Waals surface area contributed by atoms with E-state index in [-0.39, 0.29) is 24.1 Å². The molecule has 2 aromatic carbocycles. The summed E-state index contributed by atoms with van der Waals surface area (Å²) in [5.74, 6) is 0.554. The van der Waals surface area contributed by atoms with E-state index in [0.29, 0.717) is 35.9 Å². The Bertz CT molecular complexity index is 1040. The average Bonchev–Trinajstić information content (AvgIpc) is 3.31. The van der Waals surface area contributed by atoms with Crippen molar-refractivity contribution in [1.29, 1.82) is 0 Å². The highest BCUT2D eigenvalue weighted by Crippen LogP contribution is 2.38. The van der Waals surface area contributed by atoms with Crippen LogP contribution in [0, 0.1) is 0 Å². The first-order chi connectivity index (χ1) is 15.5. The van der Waals surface area contributed by atoms with Crippen LogP contribution in [-0.4, -0.2) is 54.7 Å². The van der Waals surface area contributed by atoms with Gasteiger partial charge in [-0.3, -0.25) is 9.59 Å². The minimum absolute atomic E-state index is 0.205. The Balaban J connectivity index is 1.53. The second kappa shape index (κ2) is 10.8. The lowest BCUT2D eigenvalue weighted by molar-refractivity contribution is 0.0939. The molecule has 0 aliphatic rings. The molecule has 0 bridgehead atoms. The van der Waals surface area contributed by atoms with E-state index in [1.807, 2.05) is 30.3 Å². The Labute approximate surface area is 185 Å². The minimum atomic E-state index is -0.318. The lowest BCUT2D eigenvalue weighted by atomic mass is 10.1. The number of aromatic nitrogens is 3. The molecule has 0 fully saturated rings. The van der Waals surface area contributed by atoms with Crippen molar-refractivity contribution in [3.63, 3.8) is 0 Å². The van der Waals surface area contributed by atoms with Crippen LogP contribution in [0.4, 0.5) is 0 Å². The zero-order valence-corrected chi connectivity index (χ0v) is 18.1. The fourth-order valence-corrected chi connectivity index (χ4v) is 2.98. The fourth-order valence-electron chi connectivity index (χ4n) is 2.98. The maximum absolute atomic E-state index is 12.5. The molecule has 168 valence electrons. The van der Waals surface area contributed by atoms with Crippen LogP contribution >= 0.6 is 0 Å². The SMILES string of the molecule is COc1cc(C(=O)NCCn2cc(C(=O)NCc3ccccc3)nn2)cc(OC)c1OC. The molecule has 32 heavy (non-hydrogen) atoms. The number of hydrogen-bond donors (Lipinski definition) is 2. The van der Waals surface area contributed by atoms with Crippen molar-refractivity contribution in [1.82, 2.24) is 25.6 Å². The third kappa shape index (κ3) is 5.54. The highest BCUT2D eigenvalue weighted by atomic mass is 16.5. The van der Waals surface area contributed by atoms with Crippen molar-refractivity contribution in [2.75, 3.05) is 27.9 Å². The van der Waals surface area contributed by atoms with Crippen molar-refractivity contribution in [2.45, 2.75) is 13.1 Å². The van der Waals surface area contributed by atoms with Gasteiger partial charge < -0.3 is 24.8 Å². The van der Waals surface area contributed by atoms with Gasteiger partial charge in [0.1, 0.15) is 0 Å². The van der Waals surface area contributed by atoms with Gasteiger partial charge in [-0.25, -0.2) is 4.68 Å². The molecule has 0 saturated carbocycles. The van der Waals surface area contributed by atoms with E-state index < -0.39 is 0 Å². The summed E-state index contributed by atoms with van der Waals surface area (Å²) in [6, 6.07) is 12.7. The van der Waals surface area contributed by atoms with Crippen molar-refractivity contribution < 1.29 is 23.8 Å². The molecule has 3 rings (SSSR count). The number of benzene rings is 2. The molecule has 0 aliphatic carbocycles. The summed E-state index contributed by atoms with van der Waals surface area (Å²) in [5.41, 5.74) is 1.55. The smallest absolute Gasteiger partial charge is 0.273 e. The van der Waals surface area contributed by atoms with Crippen molar-refractivity contribution in [2.24, 2.45) is 0 Å². The molecule has 0 unspecified atom stereocenters. The Morgan fingerprint density at radius 3 is 2.25 bits per heavy atom. The first-order valence-electron chi connectivity index (χ1n) is 9.86. The number of carbonyl (C=O) groups is 2. The summed E-state index contributed by atoms with van der Waals surface area (Å²) < 4.78 is 17.3. The normalized spacial score (nSPS) is 10.3. The fraction of sp³-hybridized carbons (Fsp3) is 0.273. The average molecular weight is 439 g/mol. The van der Waals surface area contributed by atoms with Gasteiger partial charge in [0.2, 0.25) is 5.75 Å². The lowest BCUT2D eigenvalue weighted by Gasteiger charge is -2.14. The van der Waals surface area contributed by atoms with Gasteiger partial charge in [0.05, 0.1) is 34.1 Å². The predicted molar refractivity (Wildman–Crippen MR) is 116 cm³/mol. The molecule has 0 atom stereocenters. The van der Waals surface area contributed by atoms with Crippen LogP contribution in [0.15, 0.2) is 48.7 Å². The van der Waals surface area contributed by atoms with Crippen molar-refractivity contribution >= 4 is 11.8 Å². The summed E-state index contributed by atoms with van der Waals surface area (Å²) in [5, 5.41) is 13.4. The van der Waals surface area contributed by atoms with Crippen LogP contribution in [0.1, 0.15) is 26.4 Å². The first-order valence-corrected chi connectivity index (χ1v) is 9.86. The number of rotatable bonds is 10. The number of ether oxygens (including phenoxy) is 3. The predicted octanol–water partition coefficient (Wildman–Crippen LogP) is 1.66. The zero-order chi connectivity index (χ0) is 22.9. The number of methoxy groups -OCH3 is 3. The van der Waals surface area contributed by atoms with Gasteiger partial charge in [0.25, 0.3) is 11.8 Å². The van der Waals surface area contributed by atoms with Crippen molar-refractivity contribution in [3.8, 4) is 17.2 Å². The van der Waals surface area contributed by atoms with E-state index in [4.69, 9.17) is 14.2 Å². The van der Waals surface area contributed by atoms with Crippen molar-refractivity contribution in [3.05, 3.63) is 65.5 Å². The summed E-state index contributed by atoms with van der Waals surface area (Å²) in [6.45, 7) is 1.02. The standard InChI is InChI=1S/C22H25N5O5/c1-30-18-11-16(12-19(31-2)20(18)32-3)21(28)23-9-10-27-14-17(25-26-27)22(29)24-13-15-7-5-4-6-8-15/h4-8,11-12,14H,9-10,13H2,1-3H3,(H,23,28)(H,24,29). The molecule has 0 radical (unpaired) electrons. The molecule has 3 aromatic rings. The summed E-state index contributed by atoms with van der Waals surface area (Å²) in [7, 11) is 4.46. The summed E-state index contributed by atoms with van der Waals surface area (Å²) in [4.78, 5) is 24.8. The molecule has 10 heteroatoms. The third-order valence-electron chi connectivity index (χ3n) is 4.62. The number of hydrogen-bond acceptors (Lipinski definition) is 7. The van der Waals surface area contributed by atoms with Gasteiger partial charge in [-0.15, -0.1) is 5.10 Å². The monoisotopic (exact) mass is 439 g/mol. The molecule has 2 amide bonds. The van der Waals surface area contributed by atoms with Gasteiger partial charge in [0, 0.05) is 18.7 Å². The van der Waals surface area contributed by atoms with E-state index in [1.54, 1.807) is 12.1 Å². The van der Waals surface area contributed by atoms with Crippen LogP contribution in [0.3, 0.4) is 0 Å². The lowest BCUT2D eigenvalue weighted by Crippen LogP contribution is -2.27. The Morgan fingerprint density at radius 2 is 1.62 bits per heavy atom. The van der Waals surface area contributed by atoms with E-state index >= 15 is 0 Å². The molecule has 10 nitrogen and oxygen atoms in total. The summed E-state index contributed by atoms with van der Waals surface area (Å²) in [6.07, 6.45) is 1.53. The number of carbonyl (C=O) groups excluding carboxylic acids is 2. The molecule has 1 aromatic heterocycles. The summed E-state index contributed by atoms with van der Waals surface area (Å²) >= 11 is 0. The second-order valence-electron chi connectivity index (χ2n) is 6.71. The van der Waals surface area contributed by atoms with Gasteiger partial charge in [-0.05, 0) is 17.7 Å². The van der Waals surface area contributed by atoms with E-state index in [9.17, 15) is 9.59 Å². The largest absolute Gasteiger partial charge is 0.493 e. The maximum atomic E-state index is 12.5. The Kier molecular flexibility index (Phi) is 7.63. The molecule has 0 spiro atoms.